The molecule has 2 aromatic rings. The third-order valence-electron chi connectivity index (χ3n) is 3.72. The van der Waals surface area contributed by atoms with Crippen LogP contribution in [0.4, 0.5) is 13.2 Å². The quantitative estimate of drug-likeness (QED) is 0.909. The summed E-state index contributed by atoms with van der Waals surface area (Å²) < 4.78 is 62.9. The van der Waals surface area contributed by atoms with Gasteiger partial charge in [-0.1, -0.05) is 13.0 Å². The summed E-state index contributed by atoms with van der Waals surface area (Å²) in [5.41, 5.74) is -2.97. The molecule has 1 aromatic carbocycles. The van der Waals surface area contributed by atoms with E-state index in [0.29, 0.717) is 5.39 Å². The van der Waals surface area contributed by atoms with Crippen molar-refractivity contribution in [1.82, 2.24) is 4.57 Å². The zero-order chi connectivity index (χ0) is 18.3. The molecule has 0 aliphatic carbocycles. The van der Waals surface area contributed by atoms with Gasteiger partial charge in [0.25, 0.3) is 0 Å². The molecular formula is C15H15F3N2O3S. The number of fused-ring (bicyclic) bond motifs is 1. The molecule has 9 heteroatoms. The summed E-state index contributed by atoms with van der Waals surface area (Å²) in [6, 6.07) is 4.17. The van der Waals surface area contributed by atoms with Gasteiger partial charge in [0.15, 0.2) is 16.0 Å². The molecular weight excluding hydrogens is 345 g/mol. The normalized spacial score (nSPS) is 15.2. The molecule has 1 N–H and O–H groups in total. The molecule has 5 nitrogen and oxygen atoms in total. The molecule has 0 saturated carbocycles. The molecule has 1 heterocycles. The first kappa shape index (κ1) is 18.3. The van der Waals surface area contributed by atoms with Crippen LogP contribution in [0, 0.1) is 11.5 Å². The average molecular weight is 360 g/mol. The fourth-order valence-corrected chi connectivity index (χ4v) is 3.69. The number of benzene rings is 1. The second kappa shape index (κ2) is 5.79. The average Bonchev–Trinajstić information content (AvgIpc) is 2.83. The lowest BCUT2D eigenvalue weighted by molar-refractivity contribution is -0.137. The van der Waals surface area contributed by atoms with Gasteiger partial charge in [-0.2, -0.15) is 18.4 Å². The molecule has 0 saturated heterocycles. The number of nitriles is 1. The molecule has 0 unspecified atom stereocenters. The Morgan fingerprint density at radius 2 is 1.92 bits per heavy atom. The Labute approximate surface area is 136 Å². The highest BCUT2D eigenvalue weighted by atomic mass is 32.2. The van der Waals surface area contributed by atoms with Gasteiger partial charge in [-0.25, -0.2) is 13.0 Å². The Kier molecular flexibility index (Phi) is 4.41. The minimum atomic E-state index is -4.58. The molecule has 0 fully saturated rings. The van der Waals surface area contributed by atoms with Crippen molar-refractivity contribution < 1.29 is 26.7 Å². The van der Waals surface area contributed by atoms with E-state index in [-0.39, 0.29) is 17.0 Å². The van der Waals surface area contributed by atoms with E-state index in [1.165, 1.54) is 26.0 Å². The van der Waals surface area contributed by atoms with Gasteiger partial charge < -0.3 is 5.11 Å². The van der Waals surface area contributed by atoms with E-state index in [0.717, 1.165) is 16.7 Å². The Bertz CT molecular complexity index is 922. The predicted molar refractivity (Wildman–Crippen MR) is 81.8 cm³/mol. The van der Waals surface area contributed by atoms with E-state index < -0.39 is 32.9 Å². The molecule has 0 aliphatic rings. The van der Waals surface area contributed by atoms with Crippen LogP contribution >= 0.6 is 0 Å². The maximum Gasteiger partial charge on any atom is 0.416 e. The largest absolute Gasteiger partial charge is 0.416 e. The fourth-order valence-electron chi connectivity index (χ4n) is 2.49. The van der Waals surface area contributed by atoms with Gasteiger partial charge >= 0.3 is 6.18 Å². The van der Waals surface area contributed by atoms with E-state index in [2.05, 4.69) is 0 Å². The standard InChI is InChI=1S/C15H15F3N2O3S/c1-3-24(22,23)8-14(2,21)13-6-10-4-5-11(15(16,17)18)7-12(10)20(13)9-19/h4-7,21H,3,8H2,1-2H3/t14-/m0/s1. The van der Waals surface area contributed by atoms with Crippen molar-refractivity contribution in [3.05, 3.63) is 35.5 Å². The summed E-state index contributed by atoms with van der Waals surface area (Å²) in [6.45, 7) is 2.63. The second-order valence-electron chi connectivity index (χ2n) is 5.69. The van der Waals surface area contributed by atoms with E-state index in [9.17, 15) is 32.0 Å². The molecule has 0 radical (unpaired) electrons. The van der Waals surface area contributed by atoms with E-state index in [1.54, 1.807) is 6.19 Å². The van der Waals surface area contributed by atoms with Gasteiger partial charge in [-0.05, 0) is 25.1 Å². The molecule has 1 aromatic heterocycles. The van der Waals surface area contributed by atoms with Gasteiger partial charge in [-0.3, -0.25) is 0 Å². The van der Waals surface area contributed by atoms with Gasteiger partial charge in [0.2, 0.25) is 0 Å². The van der Waals surface area contributed by atoms with Gasteiger partial charge in [0.1, 0.15) is 5.60 Å². The zero-order valence-corrected chi connectivity index (χ0v) is 13.7. The van der Waals surface area contributed by atoms with Crippen molar-refractivity contribution >= 4 is 20.7 Å². The van der Waals surface area contributed by atoms with E-state index in [1.807, 2.05) is 0 Å². The SMILES string of the molecule is CCS(=O)(=O)C[C@](C)(O)c1cc2ccc(C(F)(F)F)cc2n1C#N. The Morgan fingerprint density at radius 1 is 1.29 bits per heavy atom. The maximum atomic E-state index is 12.8. The van der Waals surface area contributed by atoms with Crippen molar-refractivity contribution in [2.24, 2.45) is 0 Å². The zero-order valence-electron chi connectivity index (χ0n) is 12.9. The van der Waals surface area contributed by atoms with Crippen molar-refractivity contribution in [2.45, 2.75) is 25.6 Å². The number of sulfone groups is 1. The summed E-state index contributed by atoms with van der Waals surface area (Å²) in [7, 11) is -3.57. The number of hydrogen-bond acceptors (Lipinski definition) is 4. The van der Waals surface area contributed by atoms with Crippen LogP contribution in [-0.2, 0) is 21.6 Å². The van der Waals surface area contributed by atoms with Crippen LogP contribution in [0.3, 0.4) is 0 Å². The lowest BCUT2D eigenvalue weighted by atomic mass is 10.1. The van der Waals surface area contributed by atoms with Crippen molar-refractivity contribution in [1.29, 1.82) is 5.26 Å². The van der Waals surface area contributed by atoms with Gasteiger partial charge in [0, 0.05) is 11.1 Å². The van der Waals surface area contributed by atoms with Crippen LogP contribution in [0.5, 0.6) is 0 Å². The highest BCUT2D eigenvalue weighted by molar-refractivity contribution is 7.91. The first-order valence-corrected chi connectivity index (χ1v) is 8.79. The monoisotopic (exact) mass is 360 g/mol. The minimum absolute atomic E-state index is 0.0449. The summed E-state index contributed by atoms with van der Waals surface area (Å²) in [5.74, 6) is -0.839. The molecule has 0 amide bonds. The number of rotatable bonds is 4. The Hall–Kier alpha value is -2.05. The molecule has 0 spiro atoms. The highest BCUT2D eigenvalue weighted by Crippen LogP contribution is 2.34. The van der Waals surface area contributed by atoms with E-state index >= 15 is 0 Å². The molecule has 24 heavy (non-hydrogen) atoms. The third kappa shape index (κ3) is 3.39. The molecule has 2 rings (SSSR count). The lowest BCUT2D eigenvalue weighted by Gasteiger charge is -2.22. The number of aliphatic hydroxyl groups is 1. The van der Waals surface area contributed by atoms with Crippen LogP contribution in [0.1, 0.15) is 25.1 Å². The molecule has 0 bridgehead atoms. The van der Waals surface area contributed by atoms with Crippen molar-refractivity contribution in [2.75, 3.05) is 11.5 Å². The molecule has 0 aliphatic heterocycles. The number of halogens is 3. The fraction of sp³-hybridized carbons (Fsp3) is 0.400. The summed E-state index contributed by atoms with van der Waals surface area (Å²) in [4.78, 5) is 0. The molecule has 1 atom stereocenters. The van der Waals surface area contributed by atoms with Gasteiger partial charge in [-0.15, -0.1) is 0 Å². The predicted octanol–water partition coefficient (Wildman–Crippen LogP) is 2.63. The Balaban J connectivity index is 2.66. The summed E-state index contributed by atoms with van der Waals surface area (Å²) >= 11 is 0. The van der Waals surface area contributed by atoms with Crippen LogP contribution in [0.2, 0.25) is 0 Å². The number of alkyl halides is 3. The number of nitrogens with zero attached hydrogens (tertiary/aromatic N) is 2. The molecule has 130 valence electrons. The van der Waals surface area contributed by atoms with Crippen LogP contribution in [-0.4, -0.2) is 29.6 Å². The van der Waals surface area contributed by atoms with Crippen molar-refractivity contribution in [3.63, 3.8) is 0 Å². The topological polar surface area (TPSA) is 83.1 Å². The Morgan fingerprint density at radius 3 is 2.42 bits per heavy atom. The first-order valence-electron chi connectivity index (χ1n) is 6.97. The van der Waals surface area contributed by atoms with Crippen molar-refractivity contribution in [3.8, 4) is 6.19 Å². The number of aromatic nitrogens is 1. The van der Waals surface area contributed by atoms with Gasteiger partial charge in [0.05, 0.1) is 22.5 Å². The lowest BCUT2D eigenvalue weighted by Crippen LogP contribution is -2.33. The smallest absolute Gasteiger partial charge is 0.383 e. The van der Waals surface area contributed by atoms with Crippen LogP contribution in [0.15, 0.2) is 24.3 Å². The second-order valence-corrected chi connectivity index (χ2v) is 8.04. The number of hydrogen-bond donors (Lipinski definition) is 1. The summed E-state index contributed by atoms with van der Waals surface area (Å²) in [6.07, 6.45) is -2.87. The summed E-state index contributed by atoms with van der Waals surface area (Å²) in [5, 5.41) is 20.1. The van der Waals surface area contributed by atoms with Crippen LogP contribution < -0.4 is 0 Å². The third-order valence-corrected chi connectivity index (χ3v) is 5.61. The highest BCUT2D eigenvalue weighted by Gasteiger charge is 2.35. The van der Waals surface area contributed by atoms with Crippen LogP contribution in [0.25, 0.3) is 10.9 Å². The maximum absolute atomic E-state index is 12.8. The first-order chi connectivity index (χ1) is 10.9. The van der Waals surface area contributed by atoms with E-state index in [4.69, 9.17) is 0 Å². The minimum Gasteiger partial charge on any atom is -0.383 e.